The quantitative estimate of drug-likeness (QED) is 0.605. The van der Waals surface area contributed by atoms with E-state index < -0.39 is 17.6 Å². The highest BCUT2D eigenvalue weighted by molar-refractivity contribution is 6.12. The van der Waals surface area contributed by atoms with Crippen LogP contribution in [0.4, 0.5) is 0 Å². The maximum absolute atomic E-state index is 12.7. The van der Waals surface area contributed by atoms with E-state index in [0.29, 0.717) is 17.9 Å². The van der Waals surface area contributed by atoms with Gasteiger partial charge in [-0.15, -0.1) is 0 Å². The first-order valence-electron chi connectivity index (χ1n) is 7.92. The number of rotatable bonds is 6. The van der Waals surface area contributed by atoms with E-state index in [1.165, 1.54) is 11.2 Å². The first kappa shape index (κ1) is 16.0. The zero-order chi connectivity index (χ0) is 17.1. The van der Waals surface area contributed by atoms with Crippen molar-refractivity contribution in [1.82, 2.24) is 4.90 Å². The molecule has 1 heterocycles. The highest BCUT2D eigenvalue weighted by atomic mass is 16.3. The van der Waals surface area contributed by atoms with Crippen LogP contribution >= 0.6 is 0 Å². The van der Waals surface area contributed by atoms with Gasteiger partial charge in [0.1, 0.15) is 5.76 Å². The number of carbonyl (C=O) groups is 2. The average Bonchev–Trinajstić information content (AvgIpc) is 3.32. The molecule has 0 spiro atoms. The fraction of sp³-hybridized carbons (Fsp3) is 0.316. The predicted molar refractivity (Wildman–Crippen MR) is 87.0 cm³/mol. The topological polar surface area (TPSA) is 74.3 Å². The Hall–Kier alpha value is -2.87. The largest absolute Gasteiger partial charge is 0.468 e. The van der Waals surface area contributed by atoms with E-state index in [1.54, 1.807) is 13.1 Å². The second-order valence-corrected chi connectivity index (χ2v) is 6.08. The minimum atomic E-state index is -1.34. The molecule has 0 aliphatic heterocycles. The van der Waals surface area contributed by atoms with E-state index in [2.05, 4.69) is 0 Å². The van der Waals surface area contributed by atoms with Gasteiger partial charge in [0.05, 0.1) is 17.9 Å². The van der Waals surface area contributed by atoms with Gasteiger partial charge >= 0.3 is 0 Å². The Kier molecular flexibility index (Phi) is 4.48. The van der Waals surface area contributed by atoms with Crippen molar-refractivity contribution in [2.45, 2.75) is 25.3 Å². The molecular formula is C19H18N2O3. The Morgan fingerprint density at radius 2 is 2.00 bits per heavy atom. The van der Waals surface area contributed by atoms with E-state index >= 15 is 0 Å². The van der Waals surface area contributed by atoms with Crippen molar-refractivity contribution in [1.29, 1.82) is 5.26 Å². The lowest BCUT2D eigenvalue weighted by Gasteiger charge is -2.19. The van der Waals surface area contributed by atoms with E-state index in [9.17, 15) is 14.9 Å². The van der Waals surface area contributed by atoms with Crippen molar-refractivity contribution in [2.75, 3.05) is 7.05 Å². The summed E-state index contributed by atoms with van der Waals surface area (Å²) in [6.07, 6.45) is 3.41. The van der Waals surface area contributed by atoms with Gasteiger partial charge < -0.3 is 9.32 Å². The van der Waals surface area contributed by atoms with Crippen LogP contribution in [-0.2, 0) is 11.3 Å². The number of hydrogen-bond acceptors (Lipinski definition) is 4. The molecule has 0 bridgehead atoms. The molecule has 1 aromatic carbocycles. The van der Waals surface area contributed by atoms with Crippen molar-refractivity contribution < 1.29 is 14.0 Å². The lowest BCUT2D eigenvalue weighted by Crippen LogP contribution is -2.36. The Labute approximate surface area is 140 Å². The van der Waals surface area contributed by atoms with Gasteiger partial charge in [-0.25, -0.2) is 0 Å². The van der Waals surface area contributed by atoms with E-state index in [1.807, 2.05) is 36.4 Å². The van der Waals surface area contributed by atoms with Crippen LogP contribution in [0.5, 0.6) is 0 Å². The van der Waals surface area contributed by atoms with Gasteiger partial charge in [-0.05, 0) is 24.5 Å². The van der Waals surface area contributed by atoms with Crippen molar-refractivity contribution in [3.8, 4) is 6.07 Å². The van der Waals surface area contributed by atoms with Gasteiger partial charge in [-0.2, -0.15) is 5.26 Å². The molecule has 1 unspecified atom stereocenters. The molecule has 0 radical (unpaired) electrons. The minimum Gasteiger partial charge on any atom is -0.468 e. The minimum absolute atomic E-state index is 0.246. The highest BCUT2D eigenvalue weighted by Gasteiger charge is 2.36. The molecule has 1 aliphatic carbocycles. The normalized spacial score (nSPS) is 14.7. The molecule has 5 nitrogen and oxygen atoms in total. The van der Waals surface area contributed by atoms with Gasteiger partial charge in [-0.1, -0.05) is 30.3 Å². The molecule has 1 aromatic heterocycles. The van der Waals surface area contributed by atoms with Crippen molar-refractivity contribution in [3.05, 3.63) is 59.5 Å². The van der Waals surface area contributed by atoms with E-state index in [4.69, 9.17) is 4.42 Å². The van der Waals surface area contributed by atoms with Gasteiger partial charge in [0.15, 0.2) is 11.7 Å². The second-order valence-electron chi connectivity index (χ2n) is 6.08. The summed E-state index contributed by atoms with van der Waals surface area (Å²) in [5.74, 6) is -1.45. The Balaban J connectivity index is 1.75. The van der Waals surface area contributed by atoms with E-state index in [-0.39, 0.29) is 5.92 Å². The molecule has 3 rings (SSSR count). The van der Waals surface area contributed by atoms with Gasteiger partial charge in [0, 0.05) is 19.5 Å². The lowest BCUT2D eigenvalue weighted by atomic mass is 9.96. The maximum atomic E-state index is 12.7. The number of nitriles is 1. The summed E-state index contributed by atoms with van der Waals surface area (Å²) in [6, 6.07) is 12.9. The van der Waals surface area contributed by atoms with Crippen LogP contribution in [0.1, 0.15) is 40.4 Å². The van der Waals surface area contributed by atoms with Crippen LogP contribution in [0, 0.1) is 17.2 Å². The molecule has 2 aromatic rings. The number of amides is 1. The highest BCUT2D eigenvalue weighted by Crippen LogP contribution is 2.42. The summed E-state index contributed by atoms with van der Waals surface area (Å²) in [4.78, 5) is 26.6. The average molecular weight is 322 g/mol. The molecule has 1 atom stereocenters. The first-order valence-corrected chi connectivity index (χ1v) is 7.92. The smallest absolute Gasteiger partial charge is 0.248 e. The molecule has 1 fully saturated rings. The number of carbonyl (C=O) groups excluding carboxylic acids is 2. The van der Waals surface area contributed by atoms with Gasteiger partial charge in [0.25, 0.3) is 0 Å². The zero-order valence-corrected chi connectivity index (χ0v) is 13.4. The molecule has 24 heavy (non-hydrogen) atoms. The third-order valence-corrected chi connectivity index (χ3v) is 4.19. The van der Waals surface area contributed by atoms with Crippen LogP contribution in [0.2, 0.25) is 0 Å². The zero-order valence-electron chi connectivity index (χ0n) is 13.4. The second kappa shape index (κ2) is 6.71. The summed E-state index contributed by atoms with van der Waals surface area (Å²) in [6.45, 7) is 0.353. The maximum Gasteiger partial charge on any atom is 0.248 e. The van der Waals surface area contributed by atoms with Gasteiger partial charge in [0.2, 0.25) is 5.91 Å². The predicted octanol–water partition coefficient (Wildman–Crippen LogP) is 3.14. The van der Waals surface area contributed by atoms with E-state index in [0.717, 1.165) is 18.4 Å². The summed E-state index contributed by atoms with van der Waals surface area (Å²) in [5.41, 5.74) is 1.31. The molecule has 5 heteroatoms. The van der Waals surface area contributed by atoms with Crippen LogP contribution in [0.3, 0.4) is 0 Å². The lowest BCUT2D eigenvalue weighted by molar-refractivity contribution is -0.131. The Morgan fingerprint density at radius 1 is 1.29 bits per heavy atom. The Morgan fingerprint density at radius 3 is 2.62 bits per heavy atom. The number of Topliss-reactive ketones (excluding diaryl/α,β-unsaturated/α-hetero) is 1. The monoisotopic (exact) mass is 322 g/mol. The molecule has 1 amide bonds. The van der Waals surface area contributed by atoms with Crippen molar-refractivity contribution >= 4 is 11.7 Å². The van der Waals surface area contributed by atoms with Crippen molar-refractivity contribution in [3.63, 3.8) is 0 Å². The van der Waals surface area contributed by atoms with Gasteiger partial charge in [-0.3, -0.25) is 9.59 Å². The van der Waals surface area contributed by atoms with Crippen LogP contribution in [0.25, 0.3) is 0 Å². The molecule has 0 saturated heterocycles. The number of ketones is 1. The first-order chi connectivity index (χ1) is 11.6. The fourth-order valence-corrected chi connectivity index (χ4v) is 2.72. The van der Waals surface area contributed by atoms with Crippen LogP contribution < -0.4 is 0 Å². The van der Waals surface area contributed by atoms with Crippen LogP contribution in [0.15, 0.2) is 47.1 Å². The van der Waals surface area contributed by atoms with Crippen molar-refractivity contribution in [2.24, 2.45) is 5.92 Å². The summed E-state index contributed by atoms with van der Waals surface area (Å²) >= 11 is 0. The van der Waals surface area contributed by atoms with Crippen LogP contribution in [-0.4, -0.2) is 23.6 Å². The molecule has 0 N–H and O–H groups in total. The third-order valence-electron chi connectivity index (χ3n) is 4.19. The number of furan rings is 1. The third kappa shape index (κ3) is 3.23. The molecular weight excluding hydrogens is 304 g/mol. The molecule has 1 aliphatic rings. The SMILES string of the molecule is CN(Cc1ccccc1)C(=O)C(C#N)C(=O)c1ccoc1C1CC1. The summed E-state index contributed by atoms with van der Waals surface area (Å²) in [7, 11) is 1.60. The fourth-order valence-electron chi connectivity index (χ4n) is 2.72. The molecule has 1 saturated carbocycles. The number of nitrogens with zero attached hydrogens (tertiary/aromatic N) is 2. The standard InChI is InChI=1S/C19H18N2O3/c1-21(12-13-5-3-2-4-6-13)19(23)16(11-20)17(22)15-9-10-24-18(15)14-7-8-14/h2-6,9-10,14,16H,7-8,12H2,1H3. The summed E-state index contributed by atoms with van der Waals surface area (Å²) < 4.78 is 5.39. The number of hydrogen-bond donors (Lipinski definition) is 0. The Bertz CT molecular complexity index is 784. The summed E-state index contributed by atoms with van der Waals surface area (Å²) in [5, 5.41) is 9.38. The number of benzene rings is 1. The molecule has 122 valence electrons.